The number of Topliss-reactive ketones (excluding diaryl/α,β-unsaturated/α-hetero) is 1. The molecular formula is C10H15NOS. The van der Waals surface area contributed by atoms with Gasteiger partial charge in [0.2, 0.25) is 0 Å². The fourth-order valence-corrected chi connectivity index (χ4v) is 1.88. The molecule has 0 spiro atoms. The molecule has 1 aromatic rings. The van der Waals surface area contributed by atoms with Gasteiger partial charge in [-0.3, -0.25) is 4.79 Å². The third kappa shape index (κ3) is 2.62. The van der Waals surface area contributed by atoms with Gasteiger partial charge < -0.3 is 0 Å². The first-order chi connectivity index (χ1) is 6.15. The van der Waals surface area contributed by atoms with Crippen LogP contribution in [0.4, 0.5) is 0 Å². The Hall–Kier alpha value is -0.700. The number of ketones is 1. The molecule has 0 saturated heterocycles. The predicted octanol–water partition coefficient (Wildman–Crippen LogP) is 3.07. The molecule has 3 heteroatoms. The number of carbonyl (C=O) groups is 1. The lowest BCUT2D eigenvalue weighted by atomic mass is 10.0. The molecule has 0 N–H and O–H groups in total. The van der Waals surface area contributed by atoms with E-state index in [1.54, 1.807) is 5.51 Å². The smallest absolute Gasteiger partial charge is 0.174 e. The zero-order chi connectivity index (χ0) is 9.84. The largest absolute Gasteiger partial charge is 0.293 e. The van der Waals surface area contributed by atoms with E-state index >= 15 is 0 Å². The van der Waals surface area contributed by atoms with Gasteiger partial charge in [-0.25, -0.2) is 4.98 Å². The number of hydrogen-bond donors (Lipinski definition) is 0. The van der Waals surface area contributed by atoms with E-state index in [2.05, 4.69) is 18.8 Å². The molecule has 0 aliphatic rings. The first kappa shape index (κ1) is 10.4. The minimum atomic E-state index is 0.245. The van der Waals surface area contributed by atoms with Gasteiger partial charge in [0.15, 0.2) is 5.78 Å². The van der Waals surface area contributed by atoms with Crippen molar-refractivity contribution >= 4 is 17.1 Å². The van der Waals surface area contributed by atoms with Crippen LogP contribution in [0.2, 0.25) is 0 Å². The van der Waals surface area contributed by atoms with Crippen LogP contribution < -0.4 is 0 Å². The van der Waals surface area contributed by atoms with Gasteiger partial charge >= 0.3 is 0 Å². The highest BCUT2D eigenvalue weighted by molar-refractivity contribution is 7.11. The van der Waals surface area contributed by atoms with Gasteiger partial charge in [0.05, 0.1) is 16.1 Å². The molecule has 0 aromatic carbocycles. The summed E-state index contributed by atoms with van der Waals surface area (Å²) in [6.07, 6.45) is 1.71. The van der Waals surface area contributed by atoms with Crippen LogP contribution in [0.1, 0.15) is 42.1 Å². The topological polar surface area (TPSA) is 30.0 Å². The molecule has 0 aliphatic carbocycles. The minimum absolute atomic E-state index is 0.245. The van der Waals surface area contributed by atoms with Crippen molar-refractivity contribution in [2.45, 2.75) is 33.6 Å². The standard InChI is InChI=1S/C10H15NOS/c1-4-7(2)5-9(12)10-8(3)11-6-13-10/h6-7H,4-5H2,1-3H3. The molecule has 0 saturated carbocycles. The monoisotopic (exact) mass is 197 g/mol. The lowest BCUT2D eigenvalue weighted by molar-refractivity contribution is 0.0967. The highest BCUT2D eigenvalue weighted by Crippen LogP contribution is 2.18. The lowest BCUT2D eigenvalue weighted by Crippen LogP contribution is -2.04. The second-order valence-corrected chi connectivity index (χ2v) is 4.26. The molecule has 0 radical (unpaired) electrons. The Morgan fingerprint density at radius 3 is 2.85 bits per heavy atom. The molecular weight excluding hydrogens is 182 g/mol. The molecule has 0 amide bonds. The van der Waals surface area contributed by atoms with Gasteiger partial charge in [-0.2, -0.15) is 0 Å². The molecule has 1 unspecified atom stereocenters. The molecule has 0 bridgehead atoms. The Bertz CT molecular complexity index is 293. The van der Waals surface area contributed by atoms with Crippen LogP contribution >= 0.6 is 11.3 Å². The number of nitrogens with zero attached hydrogens (tertiary/aromatic N) is 1. The van der Waals surface area contributed by atoms with Crippen LogP contribution in [0.3, 0.4) is 0 Å². The highest BCUT2D eigenvalue weighted by atomic mass is 32.1. The van der Waals surface area contributed by atoms with Crippen LogP contribution in [0.5, 0.6) is 0 Å². The van der Waals surface area contributed by atoms with Gasteiger partial charge in [0, 0.05) is 6.42 Å². The van der Waals surface area contributed by atoms with Crippen molar-refractivity contribution in [1.29, 1.82) is 0 Å². The first-order valence-corrected chi connectivity index (χ1v) is 5.46. The minimum Gasteiger partial charge on any atom is -0.293 e. The third-order valence-corrected chi connectivity index (χ3v) is 3.20. The maximum absolute atomic E-state index is 11.7. The van der Waals surface area contributed by atoms with Crippen molar-refractivity contribution in [3.8, 4) is 0 Å². The Kier molecular flexibility index (Phi) is 3.60. The molecule has 1 rings (SSSR count). The van der Waals surface area contributed by atoms with E-state index in [0.717, 1.165) is 17.0 Å². The van der Waals surface area contributed by atoms with Crippen molar-refractivity contribution in [1.82, 2.24) is 4.98 Å². The highest BCUT2D eigenvalue weighted by Gasteiger charge is 2.13. The summed E-state index contributed by atoms with van der Waals surface area (Å²) in [4.78, 5) is 16.6. The van der Waals surface area contributed by atoms with Crippen molar-refractivity contribution in [3.05, 3.63) is 16.1 Å². The average molecular weight is 197 g/mol. The summed E-state index contributed by atoms with van der Waals surface area (Å²) < 4.78 is 0. The van der Waals surface area contributed by atoms with Crippen LogP contribution in [0, 0.1) is 12.8 Å². The predicted molar refractivity (Wildman–Crippen MR) is 55.3 cm³/mol. The first-order valence-electron chi connectivity index (χ1n) is 4.58. The zero-order valence-corrected chi connectivity index (χ0v) is 9.15. The Balaban J connectivity index is 2.64. The van der Waals surface area contributed by atoms with E-state index in [-0.39, 0.29) is 5.78 Å². The second kappa shape index (κ2) is 4.51. The summed E-state index contributed by atoms with van der Waals surface area (Å²) in [5, 5.41) is 0. The third-order valence-electron chi connectivity index (χ3n) is 2.23. The van der Waals surface area contributed by atoms with Gasteiger partial charge in [-0.05, 0) is 12.8 Å². The number of rotatable bonds is 4. The van der Waals surface area contributed by atoms with Gasteiger partial charge in [-0.1, -0.05) is 20.3 Å². The Morgan fingerprint density at radius 1 is 1.69 bits per heavy atom. The van der Waals surface area contributed by atoms with E-state index in [9.17, 15) is 4.79 Å². The number of carbonyl (C=O) groups excluding carboxylic acids is 1. The van der Waals surface area contributed by atoms with Crippen LogP contribution in [-0.2, 0) is 0 Å². The molecule has 1 aromatic heterocycles. The van der Waals surface area contributed by atoms with Gasteiger partial charge in [0.1, 0.15) is 0 Å². The van der Waals surface area contributed by atoms with Crippen LogP contribution in [0.25, 0.3) is 0 Å². The van der Waals surface area contributed by atoms with E-state index in [0.29, 0.717) is 12.3 Å². The van der Waals surface area contributed by atoms with Crippen LogP contribution in [-0.4, -0.2) is 10.8 Å². The fourth-order valence-electron chi connectivity index (χ4n) is 1.12. The number of hydrogen-bond acceptors (Lipinski definition) is 3. The number of aromatic nitrogens is 1. The van der Waals surface area contributed by atoms with Crippen molar-refractivity contribution < 1.29 is 4.79 Å². The van der Waals surface area contributed by atoms with Crippen molar-refractivity contribution in [2.24, 2.45) is 5.92 Å². The summed E-state index contributed by atoms with van der Waals surface area (Å²) in [5.41, 5.74) is 2.61. The second-order valence-electron chi connectivity index (χ2n) is 3.41. The molecule has 0 fully saturated rings. The van der Waals surface area contributed by atoms with Crippen molar-refractivity contribution in [3.63, 3.8) is 0 Å². The van der Waals surface area contributed by atoms with Crippen LogP contribution in [0.15, 0.2) is 5.51 Å². The van der Waals surface area contributed by atoms with E-state index in [1.165, 1.54) is 11.3 Å². The number of aryl methyl sites for hydroxylation is 1. The lowest BCUT2D eigenvalue weighted by Gasteiger charge is -2.05. The van der Waals surface area contributed by atoms with E-state index in [1.807, 2.05) is 6.92 Å². The summed E-state index contributed by atoms with van der Waals surface area (Å²) in [5.74, 6) is 0.725. The van der Waals surface area contributed by atoms with Gasteiger partial charge in [0.25, 0.3) is 0 Å². The Morgan fingerprint density at radius 2 is 2.38 bits per heavy atom. The summed E-state index contributed by atoms with van der Waals surface area (Å²) in [6, 6.07) is 0. The SMILES string of the molecule is CCC(C)CC(=O)c1scnc1C. The van der Waals surface area contributed by atoms with Gasteiger partial charge in [-0.15, -0.1) is 11.3 Å². The summed E-state index contributed by atoms with van der Waals surface area (Å²) in [7, 11) is 0. The molecule has 13 heavy (non-hydrogen) atoms. The summed E-state index contributed by atoms with van der Waals surface area (Å²) >= 11 is 1.45. The quantitative estimate of drug-likeness (QED) is 0.694. The molecule has 2 nitrogen and oxygen atoms in total. The zero-order valence-electron chi connectivity index (χ0n) is 8.33. The van der Waals surface area contributed by atoms with E-state index < -0.39 is 0 Å². The summed E-state index contributed by atoms with van der Waals surface area (Å²) in [6.45, 7) is 6.10. The fraction of sp³-hybridized carbons (Fsp3) is 0.600. The molecule has 72 valence electrons. The number of thiazole rings is 1. The maximum atomic E-state index is 11.7. The molecule has 1 heterocycles. The molecule has 0 aliphatic heterocycles. The Labute approximate surface area is 83.0 Å². The molecule has 1 atom stereocenters. The average Bonchev–Trinajstić information content (AvgIpc) is 2.51. The van der Waals surface area contributed by atoms with Crippen molar-refractivity contribution in [2.75, 3.05) is 0 Å². The van der Waals surface area contributed by atoms with E-state index in [4.69, 9.17) is 0 Å². The normalized spacial score (nSPS) is 12.8. The maximum Gasteiger partial charge on any atom is 0.174 e.